The monoisotopic (exact) mass is 382 g/mol. The Morgan fingerprint density at radius 2 is 2.10 bits per heavy atom. The molecule has 0 spiro atoms. The summed E-state index contributed by atoms with van der Waals surface area (Å²) in [5.74, 6) is 0.225. The third kappa shape index (κ3) is 2.15. The second kappa shape index (κ2) is 4.90. The molecule has 0 N–H and O–H groups in total. The van der Waals surface area contributed by atoms with Crippen LogP contribution in [0, 0.1) is 5.82 Å². The van der Waals surface area contributed by atoms with Gasteiger partial charge in [0.05, 0.1) is 4.47 Å². The first-order valence-corrected chi connectivity index (χ1v) is 8.12. The van der Waals surface area contributed by atoms with E-state index in [9.17, 15) is 4.39 Å². The number of aromatic nitrogens is 6. The SMILES string of the molecule is Fc1ccc(-c2nnc3sc(-c4csnn4)nn23)cc1Br. The molecule has 10 heteroatoms. The Kier molecular flexibility index (Phi) is 3.01. The number of hydrogen-bond acceptors (Lipinski definition) is 7. The maximum absolute atomic E-state index is 13.3. The predicted molar refractivity (Wildman–Crippen MR) is 80.7 cm³/mol. The lowest BCUT2D eigenvalue weighted by Crippen LogP contribution is -1.92. The molecule has 3 heterocycles. The minimum Gasteiger partial charge on any atom is -0.206 e. The molecule has 0 bridgehead atoms. The van der Waals surface area contributed by atoms with E-state index >= 15 is 0 Å². The van der Waals surface area contributed by atoms with Gasteiger partial charge in [0, 0.05) is 10.9 Å². The van der Waals surface area contributed by atoms with Gasteiger partial charge in [0.2, 0.25) is 4.96 Å². The van der Waals surface area contributed by atoms with Gasteiger partial charge in [-0.1, -0.05) is 15.8 Å². The van der Waals surface area contributed by atoms with Gasteiger partial charge in [-0.05, 0) is 45.7 Å². The Labute approximate surface area is 133 Å². The van der Waals surface area contributed by atoms with Gasteiger partial charge in [0.15, 0.2) is 10.8 Å². The Morgan fingerprint density at radius 3 is 2.86 bits per heavy atom. The maximum Gasteiger partial charge on any atom is 0.235 e. The number of rotatable bonds is 2. The smallest absolute Gasteiger partial charge is 0.206 e. The zero-order valence-electron chi connectivity index (χ0n) is 10.1. The van der Waals surface area contributed by atoms with E-state index in [1.807, 2.05) is 5.38 Å². The van der Waals surface area contributed by atoms with Crippen molar-refractivity contribution in [1.82, 2.24) is 29.4 Å². The summed E-state index contributed by atoms with van der Waals surface area (Å²) in [6.07, 6.45) is 0. The van der Waals surface area contributed by atoms with E-state index in [0.717, 1.165) is 10.6 Å². The first-order chi connectivity index (χ1) is 10.2. The highest BCUT2D eigenvalue weighted by Gasteiger charge is 2.16. The molecule has 6 nitrogen and oxygen atoms in total. The van der Waals surface area contributed by atoms with Crippen LogP contribution in [0.5, 0.6) is 0 Å². The molecule has 1 aromatic carbocycles. The molecule has 0 amide bonds. The van der Waals surface area contributed by atoms with Gasteiger partial charge in [0.25, 0.3) is 0 Å². The normalized spacial score (nSPS) is 11.3. The molecule has 0 radical (unpaired) electrons. The molecular formula is C11H4BrFN6S2. The molecular weight excluding hydrogens is 379 g/mol. The first kappa shape index (κ1) is 12.9. The van der Waals surface area contributed by atoms with Crippen LogP contribution in [0.15, 0.2) is 28.1 Å². The summed E-state index contributed by atoms with van der Waals surface area (Å²) in [6, 6.07) is 4.66. The Bertz CT molecular complexity index is 932. The van der Waals surface area contributed by atoms with Crippen molar-refractivity contribution in [1.29, 1.82) is 0 Å². The summed E-state index contributed by atoms with van der Waals surface area (Å²) < 4.78 is 19.1. The van der Waals surface area contributed by atoms with Crippen molar-refractivity contribution in [2.45, 2.75) is 0 Å². The fourth-order valence-electron chi connectivity index (χ4n) is 1.79. The average Bonchev–Trinajstić information content (AvgIpc) is 3.15. The van der Waals surface area contributed by atoms with Gasteiger partial charge in [-0.2, -0.15) is 9.61 Å². The summed E-state index contributed by atoms with van der Waals surface area (Å²) in [7, 11) is 0. The lowest BCUT2D eigenvalue weighted by Gasteiger charge is -1.99. The van der Waals surface area contributed by atoms with Crippen molar-refractivity contribution < 1.29 is 4.39 Å². The molecule has 4 rings (SSSR count). The summed E-state index contributed by atoms with van der Waals surface area (Å²) in [5, 5.41) is 19.2. The second-order valence-electron chi connectivity index (χ2n) is 4.04. The van der Waals surface area contributed by atoms with Crippen molar-refractivity contribution in [2.24, 2.45) is 0 Å². The van der Waals surface area contributed by atoms with Crippen molar-refractivity contribution >= 4 is 43.8 Å². The number of nitrogens with zero attached hydrogens (tertiary/aromatic N) is 6. The van der Waals surface area contributed by atoms with E-state index in [-0.39, 0.29) is 5.82 Å². The topological polar surface area (TPSA) is 68.9 Å². The molecule has 21 heavy (non-hydrogen) atoms. The van der Waals surface area contributed by atoms with Crippen molar-refractivity contribution in [2.75, 3.05) is 0 Å². The van der Waals surface area contributed by atoms with Crippen LogP contribution in [0.2, 0.25) is 0 Å². The molecule has 4 aromatic rings. The van der Waals surface area contributed by atoms with E-state index in [1.165, 1.54) is 28.9 Å². The van der Waals surface area contributed by atoms with Crippen LogP contribution in [-0.4, -0.2) is 29.4 Å². The molecule has 0 aliphatic rings. The van der Waals surface area contributed by atoms with Gasteiger partial charge < -0.3 is 0 Å². The Morgan fingerprint density at radius 1 is 1.19 bits per heavy atom. The first-order valence-electron chi connectivity index (χ1n) is 5.67. The van der Waals surface area contributed by atoms with Crippen LogP contribution in [0.3, 0.4) is 0 Å². The zero-order valence-corrected chi connectivity index (χ0v) is 13.3. The lowest BCUT2D eigenvalue weighted by atomic mass is 10.2. The number of halogens is 2. The fraction of sp³-hybridized carbons (Fsp3) is 0. The number of benzene rings is 1. The minimum absolute atomic E-state index is 0.327. The van der Waals surface area contributed by atoms with Gasteiger partial charge in [-0.25, -0.2) is 4.39 Å². The molecule has 0 fully saturated rings. The van der Waals surface area contributed by atoms with Crippen LogP contribution in [0.4, 0.5) is 4.39 Å². The van der Waals surface area contributed by atoms with Crippen LogP contribution in [0.1, 0.15) is 0 Å². The maximum atomic E-state index is 13.3. The third-order valence-corrected chi connectivity index (χ3v) is 4.78. The average molecular weight is 383 g/mol. The Balaban J connectivity index is 1.87. The third-order valence-electron chi connectivity index (χ3n) is 2.75. The van der Waals surface area contributed by atoms with Gasteiger partial charge in [-0.3, -0.25) is 0 Å². The molecule has 0 atom stereocenters. The second-order valence-corrected chi connectivity index (χ2v) is 6.46. The molecule has 0 aliphatic carbocycles. The lowest BCUT2D eigenvalue weighted by molar-refractivity contribution is 0.621. The fourth-order valence-corrected chi connectivity index (χ4v) is 3.48. The van der Waals surface area contributed by atoms with Crippen LogP contribution >= 0.6 is 38.8 Å². The summed E-state index contributed by atoms with van der Waals surface area (Å²) in [6.45, 7) is 0. The minimum atomic E-state index is -0.327. The van der Waals surface area contributed by atoms with Gasteiger partial charge in [-0.15, -0.1) is 15.3 Å². The Hall–Kier alpha value is -1.78. The highest BCUT2D eigenvalue weighted by atomic mass is 79.9. The van der Waals surface area contributed by atoms with Crippen molar-refractivity contribution in [3.05, 3.63) is 33.9 Å². The standard InChI is InChI=1S/C11H4BrFN6S2/c12-6-3-5(1-2-7(6)13)9-15-16-11-19(9)17-10(21-11)8-4-20-18-14-8/h1-4H. The molecule has 3 aromatic heterocycles. The van der Waals surface area contributed by atoms with Gasteiger partial charge >= 0.3 is 0 Å². The van der Waals surface area contributed by atoms with Crippen LogP contribution in [0.25, 0.3) is 27.1 Å². The van der Waals surface area contributed by atoms with Crippen molar-refractivity contribution in [3.63, 3.8) is 0 Å². The van der Waals surface area contributed by atoms with E-state index in [2.05, 4.69) is 40.8 Å². The molecule has 0 saturated heterocycles. The molecule has 0 unspecified atom stereocenters. The molecule has 104 valence electrons. The van der Waals surface area contributed by atoms with E-state index < -0.39 is 0 Å². The number of hydrogen-bond donors (Lipinski definition) is 0. The van der Waals surface area contributed by atoms with Crippen LogP contribution < -0.4 is 0 Å². The van der Waals surface area contributed by atoms with Crippen molar-refractivity contribution in [3.8, 4) is 22.1 Å². The highest BCUT2D eigenvalue weighted by Crippen LogP contribution is 2.28. The van der Waals surface area contributed by atoms with E-state index in [1.54, 1.807) is 16.6 Å². The summed E-state index contributed by atoms with van der Waals surface area (Å²) in [4.78, 5) is 0.647. The van der Waals surface area contributed by atoms with Gasteiger partial charge in [0.1, 0.15) is 11.5 Å². The predicted octanol–water partition coefficient (Wildman–Crippen LogP) is 3.27. The summed E-state index contributed by atoms with van der Waals surface area (Å²) >= 11 is 5.80. The number of fused-ring (bicyclic) bond motifs is 1. The molecule has 0 aliphatic heterocycles. The molecule has 0 saturated carbocycles. The van der Waals surface area contributed by atoms with E-state index in [0.29, 0.717) is 21.0 Å². The van der Waals surface area contributed by atoms with E-state index in [4.69, 9.17) is 0 Å². The quantitative estimate of drug-likeness (QED) is 0.532. The van der Waals surface area contributed by atoms with Crippen LogP contribution in [-0.2, 0) is 0 Å². The zero-order chi connectivity index (χ0) is 14.4. The summed E-state index contributed by atoms with van der Waals surface area (Å²) in [5.41, 5.74) is 1.44. The largest absolute Gasteiger partial charge is 0.235 e. The highest BCUT2D eigenvalue weighted by molar-refractivity contribution is 9.10.